The highest BCUT2D eigenvalue weighted by Gasteiger charge is 2.10. The van der Waals surface area contributed by atoms with E-state index in [-0.39, 0.29) is 18.6 Å². The number of carbonyl (C=O) groups excluding carboxylic acids is 2. The topological polar surface area (TPSA) is 43.4 Å². The summed E-state index contributed by atoms with van der Waals surface area (Å²) in [5, 5.41) is 0.582. The van der Waals surface area contributed by atoms with Gasteiger partial charge in [-0.2, -0.15) is 0 Å². The zero-order chi connectivity index (χ0) is 11.3. The van der Waals surface area contributed by atoms with Crippen molar-refractivity contribution in [2.45, 2.75) is 12.8 Å². The van der Waals surface area contributed by atoms with Gasteiger partial charge in [-0.25, -0.2) is 0 Å². The lowest BCUT2D eigenvalue weighted by Crippen LogP contribution is -2.11. The number of halogens is 1. The fourth-order valence-electron chi connectivity index (χ4n) is 1.17. The molecule has 0 fully saturated rings. The molecule has 0 aliphatic rings. The fraction of sp³-hybridized carbons (Fsp3) is 0.273. The Morgan fingerprint density at radius 2 is 2.13 bits per heavy atom. The molecular formula is C11H11ClO3. The Morgan fingerprint density at radius 1 is 1.40 bits per heavy atom. The quantitative estimate of drug-likeness (QED) is 0.583. The summed E-state index contributed by atoms with van der Waals surface area (Å²) in [4.78, 5) is 22.2. The molecule has 1 aromatic carbocycles. The average Bonchev–Trinajstić information content (AvgIpc) is 2.17. The van der Waals surface area contributed by atoms with Crippen molar-refractivity contribution in [3.05, 3.63) is 34.9 Å². The molecule has 0 radical (unpaired) electrons. The molecule has 0 saturated heterocycles. The minimum Gasteiger partial charge on any atom is -0.469 e. The third-order valence-electron chi connectivity index (χ3n) is 1.86. The zero-order valence-electron chi connectivity index (χ0n) is 8.33. The van der Waals surface area contributed by atoms with Crippen LogP contribution in [0.25, 0.3) is 0 Å². The molecule has 15 heavy (non-hydrogen) atoms. The van der Waals surface area contributed by atoms with Crippen molar-refractivity contribution in [3.8, 4) is 0 Å². The van der Waals surface area contributed by atoms with Crippen LogP contribution < -0.4 is 0 Å². The predicted octanol–water partition coefficient (Wildman–Crippen LogP) is 2.01. The number of methoxy groups -OCH3 is 1. The van der Waals surface area contributed by atoms with Crippen LogP contribution in [-0.4, -0.2) is 18.9 Å². The summed E-state index contributed by atoms with van der Waals surface area (Å²) in [6.07, 6.45) is 0.0126. The van der Waals surface area contributed by atoms with Gasteiger partial charge in [0.15, 0.2) is 0 Å². The number of ketones is 1. The Morgan fingerprint density at radius 3 is 2.73 bits per heavy atom. The maximum Gasteiger partial charge on any atom is 0.313 e. The van der Waals surface area contributed by atoms with Crippen molar-refractivity contribution < 1.29 is 14.3 Å². The molecular weight excluding hydrogens is 216 g/mol. The molecule has 0 saturated carbocycles. The van der Waals surface area contributed by atoms with Crippen LogP contribution in [0.3, 0.4) is 0 Å². The molecule has 1 rings (SSSR count). The number of hydrogen-bond acceptors (Lipinski definition) is 3. The van der Waals surface area contributed by atoms with E-state index < -0.39 is 5.97 Å². The SMILES string of the molecule is COC(=O)CC(=O)Cc1cccc(Cl)c1. The lowest BCUT2D eigenvalue weighted by molar-refractivity contribution is -0.143. The summed E-state index contributed by atoms with van der Waals surface area (Å²) in [6.45, 7) is 0. The number of benzene rings is 1. The second kappa shape index (κ2) is 5.51. The van der Waals surface area contributed by atoms with Crippen LogP contribution in [0.15, 0.2) is 24.3 Å². The summed E-state index contributed by atoms with van der Waals surface area (Å²) >= 11 is 5.76. The van der Waals surface area contributed by atoms with Gasteiger partial charge < -0.3 is 4.74 Å². The maximum atomic E-state index is 11.3. The average molecular weight is 227 g/mol. The van der Waals surface area contributed by atoms with E-state index in [0.717, 1.165) is 5.56 Å². The normalized spacial score (nSPS) is 9.73. The number of hydrogen-bond donors (Lipinski definition) is 0. The monoisotopic (exact) mass is 226 g/mol. The molecule has 0 atom stereocenters. The first-order valence-electron chi connectivity index (χ1n) is 4.45. The van der Waals surface area contributed by atoms with Gasteiger partial charge in [0.2, 0.25) is 0 Å². The summed E-state index contributed by atoms with van der Waals surface area (Å²) in [5.74, 6) is -0.689. The molecule has 0 heterocycles. The van der Waals surface area contributed by atoms with Gasteiger partial charge in [0.1, 0.15) is 12.2 Å². The number of rotatable bonds is 4. The van der Waals surface area contributed by atoms with Gasteiger partial charge in [0, 0.05) is 11.4 Å². The molecule has 0 unspecified atom stereocenters. The van der Waals surface area contributed by atoms with E-state index >= 15 is 0 Å². The Balaban J connectivity index is 2.55. The Labute approximate surface area is 93.0 Å². The van der Waals surface area contributed by atoms with Crippen molar-refractivity contribution in [1.29, 1.82) is 0 Å². The van der Waals surface area contributed by atoms with Crippen LogP contribution >= 0.6 is 11.6 Å². The molecule has 0 N–H and O–H groups in total. The highest BCUT2D eigenvalue weighted by molar-refractivity contribution is 6.30. The number of carbonyl (C=O) groups is 2. The van der Waals surface area contributed by atoms with Gasteiger partial charge in [-0.15, -0.1) is 0 Å². The highest BCUT2D eigenvalue weighted by atomic mass is 35.5. The highest BCUT2D eigenvalue weighted by Crippen LogP contribution is 2.11. The van der Waals surface area contributed by atoms with E-state index in [1.807, 2.05) is 0 Å². The second-order valence-corrected chi connectivity index (χ2v) is 3.53. The van der Waals surface area contributed by atoms with Crippen LogP contribution in [0.2, 0.25) is 5.02 Å². The van der Waals surface area contributed by atoms with Crippen LogP contribution in [-0.2, 0) is 20.7 Å². The minimum atomic E-state index is -0.512. The van der Waals surface area contributed by atoms with Crippen molar-refractivity contribution in [2.75, 3.05) is 7.11 Å². The zero-order valence-corrected chi connectivity index (χ0v) is 9.08. The molecule has 80 valence electrons. The lowest BCUT2D eigenvalue weighted by atomic mass is 10.1. The van der Waals surface area contributed by atoms with Crippen molar-refractivity contribution in [1.82, 2.24) is 0 Å². The van der Waals surface area contributed by atoms with Gasteiger partial charge in [-0.1, -0.05) is 23.7 Å². The first-order chi connectivity index (χ1) is 7.11. The second-order valence-electron chi connectivity index (χ2n) is 3.10. The van der Waals surface area contributed by atoms with E-state index in [1.54, 1.807) is 24.3 Å². The number of Topliss-reactive ketones (excluding diaryl/α,β-unsaturated/α-hetero) is 1. The summed E-state index contributed by atoms with van der Waals surface area (Å²) < 4.78 is 4.40. The Kier molecular flexibility index (Phi) is 4.31. The number of ether oxygens (including phenoxy) is 1. The van der Waals surface area contributed by atoms with Crippen molar-refractivity contribution in [2.24, 2.45) is 0 Å². The molecule has 0 aliphatic carbocycles. The minimum absolute atomic E-state index is 0.177. The first kappa shape index (κ1) is 11.7. The summed E-state index contributed by atoms with van der Waals surface area (Å²) in [6, 6.07) is 7.00. The largest absolute Gasteiger partial charge is 0.469 e. The predicted molar refractivity (Wildman–Crippen MR) is 56.8 cm³/mol. The van der Waals surface area contributed by atoms with Gasteiger partial charge in [-0.05, 0) is 17.7 Å². The Hall–Kier alpha value is -1.35. The molecule has 3 nitrogen and oxygen atoms in total. The third-order valence-corrected chi connectivity index (χ3v) is 2.09. The Bertz CT molecular complexity index is 374. The van der Waals surface area contributed by atoms with E-state index in [1.165, 1.54) is 7.11 Å². The molecule has 0 amide bonds. The summed E-state index contributed by atoms with van der Waals surface area (Å²) in [5.41, 5.74) is 0.802. The molecule has 0 aromatic heterocycles. The molecule has 0 bridgehead atoms. The van der Waals surface area contributed by atoms with E-state index in [9.17, 15) is 9.59 Å². The third kappa shape index (κ3) is 4.13. The van der Waals surface area contributed by atoms with Crippen LogP contribution in [0.1, 0.15) is 12.0 Å². The first-order valence-corrected chi connectivity index (χ1v) is 4.82. The van der Waals surface area contributed by atoms with E-state index in [4.69, 9.17) is 11.6 Å². The fourth-order valence-corrected chi connectivity index (χ4v) is 1.38. The summed E-state index contributed by atoms with van der Waals surface area (Å²) in [7, 11) is 1.26. The van der Waals surface area contributed by atoms with Crippen molar-refractivity contribution in [3.63, 3.8) is 0 Å². The maximum absolute atomic E-state index is 11.3. The molecule has 4 heteroatoms. The molecule has 0 aliphatic heterocycles. The molecule has 1 aromatic rings. The lowest BCUT2D eigenvalue weighted by Gasteiger charge is -2.00. The van der Waals surface area contributed by atoms with Gasteiger partial charge >= 0.3 is 5.97 Å². The number of esters is 1. The van der Waals surface area contributed by atoms with Gasteiger partial charge in [0.25, 0.3) is 0 Å². The van der Waals surface area contributed by atoms with Crippen LogP contribution in [0.4, 0.5) is 0 Å². The van der Waals surface area contributed by atoms with E-state index in [2.05, 4.69) is 4.74 Å². The molecule has 0 spiro atoms. The van der Waals surface area contributed by atoms with E-state index in [0.29, 0.717) is 5.02 Å². The van der Waals surface area contributed by atoms with Crippen LogP contribution in [0, 0.1) is 0 Å². The van der Waals surface area contributed by atoms with Gasteiger partial charge in [0.05, 0.1) is 7.11 Å². The van der Waals surface area contributed by atoms with Gasteiger partial charge in [-0.3, -0.25) is 9.59 Å². The van der Waals surface area contributed by atoms with Crippen molar-refractivity contribution >= 4 is 23.4 Å². The standard InChI is InChI=1S/C11H11ClO3/c1-15-11(14)7-10(13)6-8-3-2-4-9(12)5-8/h2-5H,6-7H2,1H3. The van der Waals surface area contributed by atoms with Crippen LogP contribution in [0.5, 0.6) is 0 Å². The smallest absolute Gasteiger partial charge is 0.313 e.